The van der Waals surface area contributed by atoms with Crippen molar-refractivity contribution >= 4 is 28.5 Å². The van der Waals surface area contributed by atoms with E-state index in [1.807, 2.05) is 62.4 Å². The average Bonchev–Trinajstić information content (AvgIpc) is 2.69. The molecule has 1 saturated heterocycles. The number of anilines is 1. The molecule has 2 N–H and O–H groups in total. The summed E-state index contributed by atoms with van der Waals surface area (Å²) < 4.78 is 0. The van der Waals surface area contributed by atoms with Crippen molar-refractivity contribution in [3.05, 3.63) is 59.8 Å². The molecular weight excluding hydrogens is 336 g/mol. The van der Waals surface area contributed by atoms with E-state index in [4.69, 9.17) is 15.7 Å². The summed E-state index contributed by atoms with van der Waals surface area (Å²) in [7, 11) is 0. The summed E-state index contributed by atoms with van der Waals surface area (Å²) in [6.07, 6.45) is 0. The van der Waals surface area contributed by atoms with Crippen LogP contribution < -0.4 is 10.6 Å². The van der Waals surface area contributed by atoms with Crippen LogP contribution in [0.4, 0.5) is 11.5 Å². The summed E-state index contributed by atoms with van der Waals surface area (Å²) in [5.41, 5.74) is 11.1. The molecule has 2 aromatic carbocycles. The fourth-order valence-electron chi connectivity index (χ4n) is 3.41. The second-order valence-electron chi connectivity index (χ2n) is 6.85. The number of nitrogens with zero attached hydrogens (tertiary/aromatic N) is 5. The van der Waals surface area contributed by atoms with Crippen LogP contribution in [0.15, 0.2) is 53.5 Å². The zero-order valence-electron chi connectivity index (χ0n) is 15.8. The maximum Gasteiger partial charge on any atom is 0.196 e. The molecule has 1 aromatic heterocycles. The summed E-state index contributed by atoms with van der Waals surface area (Å²) in [4.78, 5) is 18.6. The Kier molecular flexibility index (Phi) is 4.62. The standard InChI is InChI=1S/C21H24N6/c1-15-7-3-4-8-17(15)25-21(22)27-13-11-26(12-14-27)20-16(2)23-18-9-5-6-10-19(18)24-20/h3-10H,11-14H2,1-2H3,(H2,22,25). The Labute approximate surface area is 159 Å². The Morgan fingerprint density at radius 3 is 2.22 bits per heavy atom. The minimum atomic E-state index is 0.574. The number of hydrogen-bond donors (Lipinski definition) is 1. The highest BCUT2D eigenvalue weighted by Crippen LogP contribution is 2.22. The van der Waals surface area contributed by atoms with E-state index in [9.17, 15) is 0 Å². The number of rotatable bonds is 2. The van der Waals surface area contributed by atoms with E-state index < -0.39 is 0 Å². The van der Waals surface area contributed by atoms with Gasteiger partial charge in [-0.05, 0) is 37.6 Å². The lowest BCUT2D eigenvalue weighted by Crippen LogP contribution is -2.51. The SMILES string of the molecule is Cc1ccccc1N=C(N)N1CCN(c2nc3ccccc3nc2C)CC1. The Balaban J connectivity index is 1.49. The maximum absolute atomic E-state index is 6.27. The van der Waals surface area contributed by atoms with Crippen molar-refractivity contribution in [2.24, 2.45) is 10.7 Å². The van der Waals surface area contributed by atoms with Gasteiger partial charge in [0.2, 0.25) is 0 Å². The lowest BCUT2D eigenvalue weighted by Gasteiger charge is -2.36. The van der Waals surface area contributed by atoms with Crippen LogP contribution >= 0.6 is 0 Å². The van der Waals surface area contributed by atoms with E-state index in [1.165, 1.54) is 0 Å². The number of para-hydroxylation sites is 3. The Morgan fingerprint density at radius 2 is 1.52 bits per heavy atom. The lowest BCUT2D eigenvalue weighted by atomic mass is 10.2. The Hall–Kier alpha value is -3.15. The number of hydrogen-bond acceptors (Lipinski definition) is 4. The monoisotopic (exact) mass is 360 g/mol. The largest absolute Gasteiger partial charge is 0.369 e. The van der Waals surface area contributed by atoms with Crippen LogP contribution in [0.5, 0.6) is 0 Å². The van der Waals surface area contributed by atoms with Crippen molar-refractivity contribution in [3.8, 4) is 0 Å². The molecule has 3 aromatic rings. The highest BCUT2D eigenvalue weighted by molar-refractivity contribution is 5.82. The predicted molar refractivity (Wildman–Crippen MR) is 111 cm³/mol. The molecule has 0 saturated carbocycles. The van der Waals surface area contributed by atoms with Gasteiger partial charge < -0.3 is 15.5 Å². The summed E-state index contributed by atoms with van der Waals surface area (Å²) in [5.74, 6) is 1.54. The molecule has 6 nitrogen and oxygen atoms in total. The van der Waals surface area contributed by atoms with Gasteiger partial charge in [-0.2, -0.15) is 0 Å². The van der Waals surface area contributed by atoms with Gasteiger partial charge in [-0.25, -0.2) is 15.0 Å². The molecular formula is C21H24N6. The molecule has 4 rings (SSSR count). The van der Waals surface area contributed by atoms with E-state index in [-0.39, 0.29) is 0 Å². The van der Waals surface area contributed by atoms with Crippen molar-refractivity contribution in [1.82, 2.24) is 14.9 Å². The second-order valence-corrected chi connectivity index (χ2v) is 6.85. The zero-order chi connectivity index (χ0) is 18.8. The smallest absolute Gasteiger partial charge is 0.196 e. The summed E-state index contributed by atoms with van der Waals surface area (Å²) in [6.45, 7) is 7.39. The fraction of sp³-hybridized carbons (Fsp3) is 0.286. The van der Waals surface area contributed by atoms with Gasteiger partial charge in [0.15, 0.2) is 11.8 Å². The Morgan fingerprint density at radius 1 is 0.889 bits per heavy atom. The molecule has 1 fully saturated rings. The van der Waals surface area contributed by atoms with Crippen molar-refractivity contribution in [2.75, 3.05) is 31.1 Å². The van der Waals surface area contributed by atoms with Crippen LogP contribution in [0, 0.1) is 13.8 Å². The molecule has 27 heavy (non-hydrogen) atoms. The van der Waals surface area contributed by atoms with Crippen molar-refractivity contribution in [3.63, 3.8) is 0 Å². The number of nitrogens with two attached hydrogens (primary N) is 1. The summed E-state index contributed by atoms with van der Waals surface area (Å²) in [6, 6.07) is 16.0. The number of fused-ring (bicyclic) bond motifs is 1. The minimum Gasteiger partial charge on any atom is -0.369 e. The number of aryl methyl sites for hydroxylation is 2. The number of aromatic nitrogens is 2. The van der Waals surface area contributed by atoms with E-state index in [0.717, 1.165) is 60.0 Å². The first-order valence-corrected chi connectivity index (χ1v) is 9.25. The molecule has 2 heterocycles. The molecule has 1 aliphatic heterocycles. The summed E-state index contributed by atoms with van der Waals surface area (Å²) >= 11 is 0. The quantitative estimate of drug-likeness (QED) is 0.562. The van der Waals surface area contributed by atoms with E-state index in [0.29, 0.717) is 5.96 Å². The normalized spacial score (nSPS) is 15.4. The van der Waals surface area contributed by atoms with Crippen LogP contribution in [0.1, 0.15) is 11.3 Å². The average molecular weight is 360 g/mol. The molecule has 1 aliphatic rings. The lowest BCUT2D eigenvalue weighted by molar-refractivity contribution is 0.380. The third-order valence-electron chi connectivity index (χ3n) is 4.97. The van der Waals surface area contributed by atoms with Crippen LogP contribution in [-0.2, 0) is 0 Å². The first-order chi connectivity index (χ1) is 13.1. The highest BCUT2D eigenvalue weighted by Gasteiger charge is 2.21. The van der Waals surface area contributed by atoms with Gasteiger partial charge in [-0.3, -0.25) is 0 Å². The predicted octanol–water partition coefficient (Wildman–Crippen LogP) is 3.02. The van der Waals surface area contributed by atoms with Gasteiger partial charge in [0.1, 0.15) is 0 Å². The number of piperazine rings is 1. The molecule has 0 aliphatic carbocycles. The van der Waals surface area contributed by atoms with Gasteiger partial charge in [-0.1, -0.05) is 30.3 Å². The first kappa shape index (κ1) is 17.3. The minimum absolute atomic E-state index is 0.574. The van der Waals surface area contributed by atoms with Gasteiger partial charge in [0.25, 0.3) is 0 Å². The molecule has 0 bridgehead atoms. The van der Waals surface area contributed by atoms with Crippen LogP contribution in [-0.4, -0.2) is 47.0 Å². The van der Waals surface area contributed by atoms with Gasteiger partial charge >= 0.3 is 0 Å². The van der Waals surface area contributed by atoms with E-state index in [2.05, 4.69) is 14.8 Å². The Bertz CT molecular complexity index is 989. The van der Waals surface area contributed by atoms with Crippen LogP contribution in [0.25, 0.3) is 11.0 Å². The van der Waals surface area contributed by atoms with Crippen molar-refractivity contribution in [1.29, 1.82) is 0 Å². The van der Waals surface area contributed by atoms with Gasteiger partial charge in [0, 0.05) is 26.2 Å². The molecule has 0 atom stereocenters. The molecule has 6 heteroatoms. The van der Waals surface area contributed by atoms with E-state index >= 15 is 0 Å². The topological polar surface area (TPSA) is 70.6 Å². The van der Waals surface area contributed by atoms with E-state index in [1.54, 1.807) is 0 Å². The number of aliphatic imine (C=N–C) groups is 1. The zero-order valence-corrected chi connectivity index (χ0v) is 15.8. The molecule has 0 spiro atoms. The molecule has 0 amide bonds. The third kappa shape index (κ3) is 3.56. The second kappa shape index (κ2) is 7.23. The molecule has 0 radical (unpaired) electrons. The van der Waals surface area contributed by atoms with Crippen molar-refractivity contribution in [2.45, 2.75) is 13.8 Å². The fourth-order valence-corrected chi connectivity index (χ4v) is 3.41. The number of benzene rings is 2. The summed E-state index contributed by atoms with van der Waals surface area (Å²) in [5, 5.41) is 0. The van der Waals surface area contributed by atoms with Crippen LogP contribution in [0.3, 0.4) is 0 Å². The third-order valence-corrected chi connectivity index (χ3v) is 4.97. The first-order valence-electron chi connectivity index (χ1n) is 9.25. The molecule has 138 valence electrons. The van der Waals surface area contributed by atoms with Gasteiger partial charge in [0.05, 0.1) is 22.4 Å². The maximum atomic E-state index is 6.27. The molecule has 0 unspecified atom stereocenters. The van der Waals surface area contributed by atoms with Crippen LogP contribution in [0.2, 0.25) is 0 Å². The van der Waals surface area contributed by atoms with Gasteiger partial charge in [-0.15, -0.1) is 0 Å². The highest BCUT2D eigenvalue weighted by atomic mass is 15.3. The number of guanidine groups is 1. The van der Waals surface area contributed by atoms with Crippen molar-refractivity contribution < 1.29 is 0 Å².